The van der Waals surface area contributed by atoms with Crippen LogP contribution in [0.15, 0.2) is 18.7 Å². The fourth-order valence-corrected chi connectivity index (χ4v) is 3.50. The Morgan fingerprint density at radius 3 is 2.80 bits per heavy atom. The first-order valence-corrected chi connectivity index (χ1v) is 9.19. The second-order valence-corrected chi connectivity index (χ2v) is 6.49. The molecule has 0 aliphatic carbocycles. The average molecular weight is 345 g/mol. The number of nitrogens with zero attached hydrogens (tertiary/aromatic N) is 4. The first-order chi connectivity index (χ1) is 12.2. The SMILES string of the molecule is CCOC(=O)c1[nH]ncc1-c1cncn1[C@@H](CC)CN1CCCCC1. The van der Waals surface area contributed by atoms with E-state index in [2.05, 4.69) is 31.6 Å². The van der Waals surface area contributed by atoms with Crippen LogP contribution < -0.4 is 0 Å². The van der Waals surface area contributed by atoms with Gasteiger partial charge in [-0.15, -0.1) is 0 Å². The van der Waals surface area contributed by atoms with Gasteiger partial charge in [0.2, 0.25) is 0 Å². The molecule has 1 aliphatic heterocycles. The average Bonchev–Trinajstić information content (AvgIpc) is 3.29. The summed E-state index contributed by atoms with van der Waals surface area (Å²) < 4.78 is 7.29. The molecular weight excluding hydrogens is 318 g/mol. The number of carbonyl (C=O) groups excluding carboxylic acids is 1. The Balaban J connectivity index is 1.84. The number of piperidine rings is 1. The predicted octanol–water partition coefficient (Wildman–Crippen LogP) is 2.89. The van der Waals surface area contributed by atoms with Crippen LogP contribution in [0.2, 0.25) is 0 Å². The predicted molar refractivity (Wildman–Crippen MR) is 95.4 cm³/mol. The lowest BCUT2D eigenvalue weighted by Gasteiger charge is -2.31. The van der Waals surface area contributed by atoms with Gasteiger partial charge in [0.15, 0.2) is 5.69 Å². The highest BCUT2D eigenvalue weighted by Crippen LogP contribution is 2.27. The molecule has 0 spiro atoms. The summed E-state index contributed by atoms with van der Waals surface area (Å²) in [6.45, 7) is 7.67. The molecule has 1 saturated heterocycles. The standard InChI is InChI=1S/C18H27N5O2/c1-3-14(12-22-8-6-5-7-9-22)23-13-19-11-16(23)15-10-20-21-17(15)18(24)25-4-2/h10-11,13-14H,3-9,12H2,1-2H3,(H,20,21)/t14-/m0/s1. The maximum Gasteiger partial charge on any atom is 0.357 e. The number of rotatable bonds is 7. The van der Waals surface area contributed by atoms with Gasteiger partial charge in [-0.25, -0.2) is 9.78 Å². The minimum atomic E-state index is -0.383. The van der Waals surface area contributed by atoms with Gasteiger partial charge in [0.25, 0.3) is 0 Å². The van der Waals surface area contributed by atoms with Crippen molar-refractivity contribution in [2.75, 3.05) is 26.2 Å². The van der Waals surface area contributed by atoms with Crippen LogP contribution in [0.4, 0.5) is 0 Å². The van der Waals surface area contributed by atoms with Gasteiger partial charge in [0, 0.05) is 12.6 Å². The number of esters is 1. The van der Waals surface area contributed by atoms with E-state index in [4.69, 9.17) is 4.74 Å². The van der Waals surface area contributed by atoms with Crippen molar-refractivity contribution in [2.24, 2.45) is 0 Å². The summed E-state index contributed by atoms with van der Waals surface area (Å²) in [4.78, 5) is 19.0. The molecule has 1 atom stereocenters. The fourth-order valence-electron chi connectivity index (χ4n) is 3.50. The summed E-state index contributed by atoms with van der Waals surface area (Å²) in [6.07, 6.45) is 10.2. The van der Waals surface area contributed by atoms with Crippen molar-refractivity contribution in [2.45, 2.75) is 45.6 Å². The summed E-state index contributed by atoms with van der Waals surface area (Å²) in [5.41, 5.74) is 2.03. The quantitative estimate of drug-likeness (QED) is 0.781. The number of carbonyl (C=O) groups is 1. The molecule has 3 heterocycles. The summed E-state index contributed by atoms with van der Waals surface area (Å²) in [6, 6.07) is 0.320. The molecule has 1 N–H and O–H groups in total. The van der Waals surface area contributed by atoms with E-state index < -0.39 is 0 Å². The molecule has 2 aromatic rings. The summed E-state index contributed by atoms with van der Waals surface area (Å²) in [7, 11) is 0. The third-order valence-corrected chi connectivity index (χ3v) is 4.84. The molecule has 1 aliphatic rings. The highest BCUT2D eigenvalue weighted by Gasteiger charge is 2.23. The zero-order chi connectivity index (χ0) is 17.6. The van der Waals surface area contributed by atoms with Gasteiger partial charge < -0.3 is 14.2 Å². The monoisotopic (exact) mass is 345 g/mol. The Labute approximate surface area is 148 Å². The number of H-pyrrole nitrogens is 1. The minimum absolute atomic E-state index is 0.320. The second kappa shape index (κ2) is 8.29. The molecule has 136 valence electrons. The number of ether oxygens (including phenoxy) is 1. The van der Waals surface area contributed by atoms with Crippen molar-refractivity contribution >= 4 is 5.97 Å². The van der Waals surface area contributed by atoms with Gasteiger partial charge in [-0.3, -0.25) is 5.10 Å². The molecule has 0 radical (unpaired) electrons. The molecule has 2 aromatic heterocycles. The number of aromatic nitrogens is 4. The lowest BCUT2D eigenvalue weighted by Crippen LogP contribution is -2.35. The minimum Gasteiger partial charge on any atom is -0.461 e. The van der Waals surface area contributed by atoms with Crippen molar-refractivity contribution in [1.82, 2.24) is 24.6 Å². The van der Waals surface area contributed by atoms with E-state index in [0.29, 0.717) is 18.3 Å². The molecule has 0 saturated carbocycles. The molecule has 0 bridgehead atoms. The Hall–Kier alpha value is -2.15. The Morgan fingerprint density at radius 1 is 1.28 bits per heavy atom. The number of likely N-dealkylation sites (tertiary alicyclic amines) is 1. The van der Waals surface area contributed by atoms with Crippen LogP contribution in [-0.2, 0) is 4.74 Å². The second-order valence-electron chi connectivity index (χ2n) is 6.49. The number of nitrogens with one attached hydrogen (secondary N) is 1. The van der Waals surface area contributed by atoms with Crippen LogP contribution >= 0.6 is 0 Å². The third kappa shape index (κ3) is 3.92. The fraction of sp³-hybridized carbons (Fsp3) is 0.611. The number of imidazole rings is 1. The maximum absolute atomic E-state index is 12.2. The highest BCUT2D eigenvalue weighted by molar-refractivity contribution is 5.94. The van der Waals surface area contributed by atoms with Crippen LogP contribution in [0.25, 0.3) is 11.3 Å². The molecule has 25 heavy (non-hydrogen) atoms. The van der Waals surface area contributed by atoms with E-state index in [1.54, 1.807) is 19.3 Å². The van der Waals surface area contributed by atoms with E-state index in [0.717, 1.165) is 24.2 Å². The van der Waals surface area contributed by atoms with Gasteiger partial charge >= 0.3 is 5.97 Å². The molecule has 1 fully saturated rings. The lowest BCUT2D eigenvalue weighted by molar-refractivity contribution is 0.0520. The first kappa shape index (κ1) is 17.7. The van der Waals surface area contributed by atoms with Crippen LogP contribution in [0, 0.1) is 0 Å². The van der Waals surface area contributed by atoms with E-state index in [9.17, 15) is 4.79 Å². The number of hydrogen-bond donors (Lipinski definition) is 1. The molecule has 0 amide bonds. The van der Waals surface area contributed by atoms with Crippen molar-refractivity contribution in [3.8, 4) is 11.3 Å². The van der Waals surface area contributed by atoms with Crippen LogP contribution in [0.3, 0.4) is 0 Å². The molecule has 0 aromatic carbocycles. The largest absolute Gasteiger partial charge is 0.461 e. The Bertz CT molecular complexity index is 687. The van der Waals surface area contributed by atoms with Crippen molar-refractivity contribution in [3.63, 3.8) is 0 Å². The van der Waals surface area contributed by atoms with Gasteiger partial charge in [0.05, 0.1) is 36.6 Å². The molecule has 7 nitrogen and oxygen atoms in total. The number of hydrogen-bond acceptors (Lipinski definition) is 5. The molecule has 7 heteroatoms. The van der Waals surface area contributed by atoms with Gasteiger partial charge in [-0.05, 0) is 39.3 Å². The highest BCUT2D eigenvalue weighted by atomic mass is 16.5. The van der Waals surface area contributed by atoms with Crippen LogP contribution in [0.1, 0.15) is 56.1 Å². The maximum atomic E-state index is 12.2. The first-order valence-electron chi connectivity index (χ1n) is 9.19. The Morgan fingerprint density at radius 2 is 2.08 bits per heavy atom. The van der Waals surface area contributed by atoms with Crippen molar-refractivity contribution < 1.29 is 9.53 Å². The van der Waals surface area contributed by atoms with E-state index >= 15 is 0 Å². The van der Waals surface area contributed by atoms with E-state index in [1.165, 1.54) is 32.4 Å². The third-order valence-electron chi connectivity index (χ3n) is 4.84. The van der Waals surface area contributed by atoms with Crippen LogP contribution in [-0.4, -0.2) is 56.9 Å². The Kier molecular flexibility index (Phi) is 5.86. The van der Waals surface area contributed by atoms with Gasteiger partial charge in [-0.2, -0.15) is 5.10 Å². The van der Waals surface area contributed by atoms with Gasteiger partial charge in [-0.1, -0.05) is 13.3 Å². The van der Waals surface area contributed by atoms with Crippen LogP contribution in [0.5, 0.6) is 0 Å². The summed E-state index contributed by atoms with van der Waals surface area (Å²) in [5, 5.41) is 6.81. The molecule has 3 rings (SSSR count). The van der Waals surface area contributed by atoms with E-state index in [1.807, 2.05) is 6.33 Å². The topological polar surface area (TPSA) is 76.0 Å². The molecule has 0 unspecified atom stereocenters. The summed E-state index contributed by atoms with van der Waals surface area (Å²) >= 11 is 0. The van der Waals surface area contributed by atoms with E-state index in [-0.39, 0.29) is 5.97 Å². The van der Waals surface area contributed by atoms with Crippen molar-refractivity contribution in [1.29, 1.82) is 0 Å². The lowest BCUT2D eigenvalue weighted by atomic mass is 10.1. The molecular formula is C18H27N5O2. The zero-order valence-electron chi connectivity index (χ0n) is 15.1. The summed E-state index contributed by atoms with van der Waals surface area (Å²) in [5.74, 6) is -0.383. The number of aromatic amines is 1. The van der Waals surface area contributed by atoms with Gasteiger partial charge in [0.1, 0.15) is 0 Å². The van der Waals surface area contributed by atoms with Crippen molar-refractivity contribution in [3.05, 3.63) is 24.4 Å². The zero-order valence-corrected chi connectivity index (χ0v) is 15.1. The smallest absolute Gasteiger partial charge is 0.357 e. The normalized spacial score (nSPS) is 16.7.